The Balaban J connectivity index is 1.63. The number of aromatic nitrogens is 2. The first-order chi connectivity index (χ1) is 9.61. The standard InChI is InChI=1S/C16H27N3O/c1-12(2)18-6-3-4-13(10-18)8-14-11-19-7-5-15(20)9-16(19)17-14/h11-13,15,20H,3-10H2,1-2H3. The van der Waals surface area contributed by atoms with Gasteiger partial charge in [0, 0.05) is 31.7 Å². The molecule has 2 aliphatic heterocycles. The Kier molecular flexibility index (Phi) is 4.13. The van der Waals surface area contributed by atoms with Crippen molar-refractivity contribution in [1.82, 2.24) is 14.5 Å². The van der Waals surface area contributed by atoms with Gasteiger partial charge in [0.2, 0.25) is 0 Å². The number of piperidine rings is 1. The Morgan fingerprint density at radius 3 is 3.00 bits per heavy atom. The zero-order chi connectivity index (χ0) is 14.1. The van der Waals surface area contributed by atoms with E-state index in [0.29, 0.717) is 6.04 Å². The van der Waals surface area contributed by atoms with Crippen LogP contribution in [0.4, 0.5) is 0 Å². The van der Waals surface area contributed by atoms with E-state index in [-0.39, 0.29) is 6.10 Å². The predicted octanol–water partition coefficient (Wildman–Crippen LogP) is 1.85. The molecule has 2 atom stereocenters. The average Bonchev–Trinajstić information content (AvgIpc) is 2.80. The lowest BCUT2D eigenvalue weighted by atomic mass is 9.93. The summed E-state index contributed by atoms with van der Waals surface area (Å²) in [4.78, 5) is 7.34. The van der Waals surface area contributed by atoms with Crippen molar-refractivity contribution in [2.24, 2.45) is 5.92 Å². The summed E-state index contributed by atoms with van der Waals surface area (Å²) in [6.45, 7) is 7.97. The lowest BCUT2D eigenvalue weighted by Gasteiger charge is -2.35. The number of likely N-dealkylation sites (tertiary alicyclic amines) is 1. The van der Waals surface area contributed by atoms with Crippen LogP contribution in [0.5, 0.6) is 0 Å². The van der Waals surface area contributed by atoms with Gasteiger partial charge in [0.1, 0.15) is 5.82 Å². The molecular formula is C16H27N3O. The molecule has 1 N–H and O–H groups in total. The highest BCUT2D eigenvalue weighted by Gasteiger charge is 2.24. The van der Waals surface area contributed by atoms with Gasteiger partial charge < -0.3 is 14.6 Å². The molecule has 4 nitrogen and oxygen atoms in total. The molecule has 0 radical (unpaired) electrons. The molecule has 0 aliphatic carbocycles. The van der Waals surface area contributed by atoms with E-state index >= 15 is 0 Å². The minimum absolute atomic E-state index is 0.191. The second-order valence-corrected chi connectivity index (χ2v) is 6.79. The molecule has 112 valence electrons. The molecule has 0 spiro atoms. The van der Waals surface area contributed by atoms with E-state index in [2.05, 4.69) is 29.5 Å². The van der Waals surface area contributed by atoms with Crippen LogP contribution in [0.25, 0.3) is 0 Å². The fraction of sp³-hybridized carbons (Fsp3) is 0.812. The number of hydrogen-bond acceptors (Lipinski definition) is 3. The Bertz CT molecular complexity index is 455. The van der Waals surface area contributed by atoms with E-state index < -0.39 is 0 Å². The van der Waals surface area contributed by atoms with Gasteiger partial charge in [-0.15, -0.1) is 0 Å². The second-order valence-electron chi connectivity index (χ2n) is 6.79. The smallest absolute Gasteiger partial charge is 0.111 e. The van der Waals surface area contributed by atoms with E-state index in [4.69, 9.17) is 4.98 Å². The summed E-state index contributed by atoms with van der Waals surface area (Å²) in [6, 6.07) is 0.656. The maximum atomic E-state index is 9.72. The van der Waals surface area contributed by atoms with E-state index in [1.165, 1.54) is 31.6 Å². The van der Waals surface area contributed by atoms with Crippen LogP contribution < -0.4 is 0 Å². The molecule has 1 fully saturated rings. The van der Waals surface area contributed by atoms with Crippen molar-refractivity contribution < 1.29 is 5.11 Å². The van der Waals surface area contributed by atoms with E-state index in [0.717, 1.165) is 37.5 Å². The van der Waals surface area contributed by atoms with Gasteiger partial charge in [0.25, 0.3) is 0 Å². The van der Waals surface area contributed by atoms with Crippen LogP contribution in [0.1, 0.15) is 44.6 Å². The molecule has 20 heavy (non-hydrogen) atoms. The third-order valence-electron chi connectivity index (χ3n) is 4.81. The van der Waals surface area contributed by atoms with Gasteiger partial charge in [-0.1, -0.05) is 0 Å². The highest BCUT2D eigenvalue weighted by Crippen LogP contribution is 2.23. The van der Waals surface area contributed by atoms with Gasteiger partial charge in [-0.05, 0) is 52.0 Å². The largest absolute Gasteiger partial charge is 0.393 e. The van der Waals surface area contributed by atoms with Crippen LogP contribution in [-0.2, 0) is 19.4 Å². The molecule has 0 amide bonds. The number of fused-ring (bicyclic) bond motifs is 1. The normalized spacial score (nSPS) is 27.8. The Morgan fingerprint density at radius 2 is 2.20 bits per heavy atom. The fourth-order valence-corrected chi connectivity index (χ4v) is 3.60. The third-order valence-corrected chi connectivity index (χ3v) is 4.81. The van der Waals surface area contributed by atoms with Gasteiger partial charge in [-0.2, -0.15) is 0 Å². The summed E-state index contributed by atoms with van der Waals surface area (Å²) in [6.07, 6.45) is 7.36. The summed E-state index contributed by atoms with van der Waals surface area (Å²) in [7, 11) is 0. The number of nitrogens with zero attached hydrogens (tertiary/aromatic N) is 3. The molecule has 2 aliphatic rings. The molecule has 1 aromatic rings. The molecule has 1 aromatic heterocycles. The maximum Gasteiger partial charge on any atom is 0.111 e. The molecule has 0 aromatic carbocycles. The number of aliphatic hydroxyl groups excluding tert-OH is 1. The van der Waals surface area contributed by atoms with Crippen molar-refractivity contribution >= 4 is 0 Å². The zero-order valence-electron chi connectivity index (χ0n) is 12.8. The summed E-state index contributed by atoms with van der Waals surface area (Å²) in [5, 5.41) is 9.72. The molecule has 4 heteroatoms. The number of hydrogen-bond donors (Lipinski definition) is 1. The first-order valence-electron chi connectivity index (χ1n) is 8.09. The van der Waals surface area contributed by atoms with Crippen molar-refractivity contribution in [3.63, 3.8) is 0 Å². The van der Waals surface area contributed by atoms with Gasteiger partial charge in [-0.25, -0.2) is 4.98 Å². The van der Waals surface area contributed by atoms with Gasteiger partial charge in [0.15, 0.2) is 0 Å². The topological polar surface area (TPSA) is 41.3 Å². The number of aliphatic hydroxyl groups is 1. The maximum absolute atomic E-state index is 9.72. The zero-order valence-corrected chi connectivity index (χ0v) is 12.8. The molecule has 0 bridgehead atoms. The van der Waals surface area contributed by atoms with Crippen LogP contribution in [0.2, 0.25) is 0 Å². The molecule has 1 saturated heterocycles. The molecule has 3 rings (SSSR count). The summed E-state index contributed by atoms with van der Waals surface area (Å²) in [5.41, 5.74) is 1.23. The molecule has 0 saturated carbocycles. The van der Waals surface area contributed by atoms with Gasteiger partial charge >= 0.3 is 0 Å². The first-order valence-corrected chi connectivity index (χ1v) is 8.09. The highest BCUT2D eigenvalue weighted by molar-refractivity contribution is 5.08. The quantitative estimate of drug-likeness (QED) is 0.917. The Hall–Kier alpha value is -0.870. The lowest BCUT2D eigenvalue weighted by Crippen LogP contribution is -2.40. The number of aryl methyl sites for hydroxylation is 1. The SMILES string of the molecule is CC(C)N1CCCC(Cc2cn3c(n2)CC(O)CC3)C1. The molecular weight excluding hydrogens is 250 g/mol. The van der Waals surface area contributed by atoms with E-state index in [9.17, 15) is 5.11 Å². The predicted molar refractivity (Wildman–Crippen MR) is 79.7 cm³/mol. The van der Waals surface area contributed by atoms with E-state index in [1.54, 1.807) is 0 Å². The van der Waals surface area contributed by atoms with Crippen LogP contribution in [0, 0.1) is 5.92 Å². The molecule has 2 unspecified atom stereocenters. The Labute approximate surface area is 121 Å². The van der Waals surface area contributed by atoms with Crippen molar-refractivity contribution in [2.45, 2.75) is 64.6 Å². The van der Waals surface area contributed by atoms with Crippen molar-refractivity contribution in [2.75, 3.05) is 13.1 Å². The minimum atomic E-state index is -0.191. The summed E-state index contributed by atoms with van der Waals surface area (Å²) >= 11 is 0. The van der Waals surface area contributed by atoms with Crippen molar-refractivity contribution in [1.29, 1.82) is 0 Å². The van der Waals surface area contributed by atoms with Crippen molar-refractivity contribution in [3.05, 3.63) is 17.7 Å². The summed E-state index contributed by atoms with van der Waals surface area (Å²) < 4.78 is 2.24. The van der Waals surface area contributed by atoms with Gasteiger partial charge in [0.05, 0.1) is 11.8 Å². The number of imidazole rings is 1. The highest BCUT2D eigenvalue weighted by atomic mass is 16.3. The fourth-order valence-electron chi connectivity index (χ4n) is 3.60. The van der Waals surface area contributed by atoms with Crippen LogP contribution >= 0.6 is 0 Å². The summed E-state index contributed by atoms with van der Waals surface area (Å²) in [5.74, 6) is 1.82. The van der Waals surface area contributed by atoms with Crippen LogP contribution in [0.15, 0.2) is 6.20 Å². The third kappa shape index (κ3) is 3.07. The first kappa shape index (κ1) is 14.1. The number of rotatable bonds is 3. The van der Waals surface area contributed by atoms with E-state index in [1.807, 2.05) is 0 Å². The van der Waals surface area contributed by atoms with Gasteiger partial charge in [-0.3, -0.25) is 0 Å². The average molecular weight is 277 g/mol. The second kappa shape index (κ2) is 5.86. The lowest BCUT2D eigenvalue weighted by molar-refractivity contribution is 0.139. The Morgan fingerprint density at radius 1 is 1.35 bits per heavy atom. The minimum Gasteiger partial charge on any atom is -0.393 e. The monoisotopic (exact) mass is 277 g/mol. The van der Waals surface area contributed by atoms with Crippen LogP contribution in [0.3, 0.4) is 0 Å². The van der Waals surface area contributed by atoms with Crippen molar-refractivity contribution in [3.8, 4) is 0 Å². The van der Waals surface area contributed by atoms with Crippen LogP contribution in [-0.4, -0.2) is 44.8 Å². The molecule has 3 heterocycles.